The molecule has 1 rings (SSSR count). The van der Waals surface area contributed by atoms with E-state index in [4.69, 9.17) is 10.5 Å². The second-order valence-corrected chi connectivity index (χ2v) is 3.70. The molecule has 0 spiro atoms. The molecule has 0 aliphatic carbocycles. The number of halogens is 3. The molecule has 0 saturated heterocycles. The van der Waals surface area contributed by atoms with Crippen molar-refractivity contribution in [2.75, 3.05) is 26.4 Å². The van der Waals surface area contributed by atoms with Crippen LogP contribution in [0.1, 0.15) is 5.69 Å². The Bertz CT molecular complexity index is 446. The molecule has 0 aliphatic rings. The molecule has 1 heterocycles. The van der Waals surface area contributed by atoms with Gasteiger partial charge < -0.3 is 15.4 Å². The van der Waals surface area contributed by atoms with Gasteiger partial charge in [-0.2, -0.15) is 13.2 Å². The van der Waals surface area contributed by atoms with Gasteiger partial charge >= 0.3 is 6.18 Å². The maximum Gasteiger partial charge on any atom is 0.433 e. The summed E-state index contributed by atoms with van der Waals surface area (Å²) in [6.07, 6.45) is -4.61. The molecule has 0 saturated carbocycles. The first-order chi connectivity index (χ1) is 8.20. The average Bonchev–Trinajstić information content (AvgIpc) is 2.23. The second-order valence-electron chi connectivity index (χ2n) is 3.70. The van der Waals surface area contributed by atoms with E-state index in [0.29, 0.717) is 6.07 Å². The number of carbonyl (C=O) groups excluding carboxylic acids is 1. The van der Waals surface area contributed by atoms with Gasteiger partial charge in [-0.15, -0.1) is 0 Å². The molecule has 0 radical (unpaired) electrons. The summed E-state index contributed by atoms with van der Waals surface area (Å²) in [5, 5.41) is 0. The fourth-order valence-electron chi connectivity index (χ4n) is 1.01. The predicted molar refractivity (Wildman–Crippen MR) is 57.8 cm³/mol. The van der Waals surface area contributed by atoms with Crippen LogP contribution in [0, 0.1) is 0 Å². The molecule has 100 valence electrons. The Morgan fingerprint density at radius 3 is 2.56 bits per heavy atom. The quantitative estimate of drug-likeness (QED) is 0.888. The summed E-state index contributed by atoms with van der Waals surface area (Å²) in [5.41, 5.74) is 4.01. The Morgan fingerprint density at radius 1 is 1.44 bits per heavy atom. The summed E-state index contributed by atoms with van der Waals surface area (Å²) >= 11 is 0. The number of hydrogen-bond acceptors (Lipinski definition) is 4. The number of nitrogen functional groups attached to an aromatic ring is 1. The minimum absolute atomic E-state index is 0.135. The lowest BCUT2D eigenvalue weighted by Gasteiger charge is -2.12. The van der Waals surface area contributed by atoms with Crippen LogP contribution in [0.4, 0.5) is 18.9 Å². The van der Waals surface area contributed by atoms with Gasteiger partial charge in [-0.3, -0.25) is 4.79 Å². The lowest BCUT2D eigenvalue weighted by molar-refractivity contribution is -0.141. The molecule has 2 N–H and O–H groups in total. The number of pyridine rings is 1. The van der Waals surface area contributed by atoms with Crippen LogP contribution in [0.15, 0.2) is 12.1 Å². The van der Waals surface area contributed by atoms with E-state index < -0.39 is 24.4 Å². The Morgan fingerprint density at radius 2 is 2.06 bits per heavy atom. The molecule has 0 aromatic carbocycles. The number of ether oxygens (including phenoxy) is 1. The summed E-state index contributed by atoms with van der Waals surface area (Å²) in [4.78, 5) is 15.7. The second kappa shape index (κ2) is 5.11. The van der Waals surface area contributed by atoms with Gasteiger partial charge in [0, 0.05) is 25.8 Å². The first-order valence-electron chi connectivity index (χ1n) is 4.88. The Balaban J connectivity index is 2.84. The van der Waals surface area contributed by atoms with Crippen LogP contribution in [-0.4, -0.2) is 36.5 Å². The highest BCUT2D eigenvalue weighted by Crippen LogP contribution is 2.30. The van der Waals surface area contributed by atoms with Crippen LogP contribution in [0.25, 0.3) is 0 Å². The Labute approximate surface area is 101 Å². The van der Waals surface area contributed by atoms with Crippen LogP contribution in [0.2, 0.25) is 0 Å². The van der Waals surface area contributed by atoms with Crippen LogP contribution >= 0.6 is 0 Å². The van der Waals surface area contributed by atoms with Crippen molar-refractivity contribution < 1.29 is 22.7 Å². The SMILES string of the molecule is CN(C)C(=O)COc1cc(N)cc(C(F)(F)F)n1. The largest absolute Gasteiger partial charge is 0.467 e. The van der Waals surface area contributed by atoms with Crippen LogP contribution in [-0.2, 0) is 11.0 Å². The van der Waals surface area contributed by atoms with E-state index >= 15 is 0 Å². The Kier molecular flexibility index (Phi) is 4.00. The number of likely N-dealkylation sites (N-methyl/N-ethyl adjacent to an activating group) is 1. The van der Waals surface area contributed by atoms with Gasteiger partial charge in [0.15, 0.2) is 12.3 Å². The third kappa shape index (κ3) is 3.79. The minimum Gasteiger partial charge on any atom is -0.467 e. The molecule has 0 unspecified atom stereocenters. The van der Waals surface area contributed by atoms with Gasteiger partial charge in [0.1, 0.15) is 0 Å². The van der Waals surface area contributed by atoms with Gasteiger partial charge in [-0.25, -0.2) is 4.98 Å². The number of alkyl halides is 3. The third-order valence-corrected chi connectivity index (χ3v) is 1.96. The summed E-state index contributed by atoms with van der Waals surface area (Å²) in [6, 6.07) is 1.82. The van der Waals surface area contributed by atoms with Gasteiger partial charge in [-0.1, -0.05) is 0 Å². The highest BCUT2D eigenvalue weighted by molar-refractivity contribution is 5.77. The van der Waals surface area contributed by atoms with Crippen molar-refractivity contribution in [3.63, 3.8) is 0 Å². The maximum absolute atomic E-state index is 12.4. The molecular weight excluding hydrogens is 251 g/mol. The summed E-state index contributed by atoms with van der Waals surface area (Å²) < 4.78 is 42.1. The summed E-state index contributed by atoms with van der Waals surface area (Å²) in [6.45, 7) is -0.402. The average molecular weight is 263 g/mol. The molecule has 1 aromatic rings. The zero-order chi connectivity index (χ0) is 13.9. The number of amides is 1. The highest BCUT2D eigenvalue weighted by Gasteiger charge is 2.33. The Hall–Kier alpha value is -1.99. The third-order valence-electron chi connectivity index (χ3n) is 1.96. The molecule has 0 atom stereocenters. The zero-order valence-corrected chi connectivity index (χ0v) is 9.78. The molecule has 1 amide bonds. The van der Waals surface area contributed by atoms with Crippen molar-refractivity contribution in [1.82, 2.24) is 9.88 Å². The number of nitrogens with two attached hydrogens (primary N) is 1. The fraction of sp³-hybridized carbons (Fsp3) is 0.400. The number of anilines is 1. The standard InChI is InChI=1S/C10H12F3N3O2/c1-16(2)9(17)5-18-8-4-6(14)3-7(15-8)10(11,12)13/h3-4H,5H2,1-2H3,(H2,14,15). The predicted octanol–water partition coefficient (Wildman–Crippen LogP) is 1.15. The first-order valence-corrected chi connectivity index (χ1v) is 4.88. The molecule has 18 heavy (non-hydrogen) atoms. The molecule has 0 bridgehead atoms. The normalized spacial score (nSPS) is 11.2. The van der Waals surface area contributed by atoms with E-state index in [-0.39, 0.29) is 11.6 Å². The first kappa shape index (κ1) is 14.1. The molecule has 1 aromatic heterocycles. The summed E-state index contributed by atoms with van der Waals surface area (Å²) in [7, 11) is 3.00. The number of rotatable bonds is 3. The van der Waals surface area contributed by atoms with E-state index in [9.17, 15) is 18.0 Å². The van der Waals surface area contributed by atoms with E-state index in [2.05, 4.69) is 4.98 Å². The lowest BCUT2D eigenvalue weighted by Crippen LogP contribution is -2.27. The van der Waals surface area contributed by atoms with Gasteiger partial charge in [0.2, 0.25) is 5.88 Å². The van der Waals surface area contributed by atoms with Crippen LogP contribution in [0.3, 0.4) is 0 Å². The van der Waals surface area contributed by atoms with E-state index in [1.54, 1.807) is 0 Å². The van der Waals surface area contributed by atoms with Gasteiger partial charge in [0.05, 0.1) is 0 Å². The maximum atomic E-state index is 12.4. The fourth-order valence-corrected chi connectivity index (χ4v) is 1.01. The van der Waals surface area contributed by atoms with Crippen molar-refractivity contribution in [2.24, 2.45) is 0 Å². The number of hydrogen-bond donors (Lipinski definition) is 1. The smallest absolute Gasteiger partial charge is 0.433 e. The van der Waals surface area contributed by atoms with Crippen molar-refractivity contribution in [1.29, 1.82) is 0 Å². The molecule has 0 fully saturated rings. The topological polar surface area (TPSA) is 68.5 Å². The molecular formula is C10H12F3N3O2. The lowest BCUT2D eigenvalue weighted by atomic mass is 10.3. The summed E-state index contributed by atoms with van der Waals surface area (Å²) in [5.74, 6) is -0.731. The van der Waals surface area contributed by atoms with Crippen LogP contribution in [0.5, 0.6) is 5.88 Å². The minimum atomic E-state index is -4.61. The number of carbonyl (C=O) groups is 1. The molecule has 0 aliphatic heterocycles. The zero-order valence-electron chi connectivity index (χ0n) is 9.78. The van der Waals surface area contributed by atoms with Crippen molar-refractivity contribution >= 4 is 11.6 Å². The van der Waals surface area contributed by atoms with E-state index in [1.165, 1.54) is 19.0 Å². The molecule has 8 heteroatoms. The van der Waals surface area contributed by atoms with Crippen molar-refractivity contribution in [3.8, 4) is 5.88 Å². The monoisotopic (exact) mass is 263 g/mol. The van der Waals surface area contributed by atoms with Gasteiger partial charge in [0.25, 0.3) is 5.91 Å². The van der Waals surface area contributed by atoms with Crippen molar-refractivity contribution in [2.45, 2.75) is 6.18 Å². The van der Waals surface area contributed by atoms with Crippen LogP contribution < -0.4 is 10.5 Å². The van der Waals surface area contributed by atoms with Gasteiger partial charge in [-0.05, 0) is 6.07 Å². The van der Waals surface area contributed by atoms with Crippen molar-refractivity contribution in [3.05, 3.63) is 17.8 Å². The molecule has 5 nitrogen and oxygen atoms in total. The highest BCUT2D eigenvalue weighted by atomic mass is 19.4. The number of nitrogens with zero attached hydrogens (tertiary/aromatic N) is 2. The van der Waals surface area contributed by atoms with E-state index in [1.807, 2.05) is 0 Å². The number of aromatic nitrogens is 1. The van der Waals surface area contributed by atoms with E-state index in [0.717, 1.165) is 6.07 Å².